The van der Waals surface area contributed by atoms with Crippen LogP contribution in [0.5, 0.6) is 5.75 Å². The van der Waals surface area contributed by atoms with Crippen molar-refractivity contribution in [2.75, 3.05) is 7.11 Å². The standard InChI is InChI=1S/C21H18ClFN2O2/c1-27-18-8-4-15(5-9-18)19(12-14-2-6-17(23)7-3-14)25-21(26)16-10-11-24-20(22)13-16/h2-11,13,19H,12H2,1H3,(H,25,26). The molecular weight excluding hydrogens is 367 g/mol. The molecule has 0 aliphatic heterocycles. The Morgan fingerprint density at radius 3 is 2.48 bits per heavy atom. The van der Waals surface area contributed by atoms with Crippen molar-refractivity contribution in [1.29, 1.82) is 0 Å². The number of hydrogen-bond donors (Lipinski definition) is 1. The summed E-state index contributed by atoms with van der Waals surface area (Å²) in [5.74, 6) is 0.170. The number of halogens is 2. The molecule has 0 aliphatic rings. The molecule has 0 aliphatic carbocycles. The van der Waals surface area contributed by atoms with E-state index in [9.17, 15) is 9.18 Å². The van der Waals surface area contributed by atoms with Crippen molar-refractivity contribution in [2.45, 2.75) is 12.5 Å². The van der Waals surface area contributed by atoms with E-state index in [4.69, 9.17) is 16.3 Å². The first-order valence-corrected chi connectivity index (χ1v) is 8.74. The van der Waals surface area contributed by atoms with Gasteiger partial charge in [0.05, 0.1) is 13.2 Å². The second kappa shape index (κ2) is 8.64. The molecule has 0 saturated heterocycles. The quantitative estimate of drug-likeness (QED) is 0.632. The zero-order valence-corrected chi connectivity index (χ0v) is 15.4. The topological polar surface area (TPSA) is 51.2 Å². The normalized spacial score (nSPS) is 11.7. The highest BCUT2D eigenvalue weighted by Crippen LogP contribution is 2.22. The number of aromatic nitrogens is 1. The van der Waals surface area contributed by atoms with Gasteiger partial charge in [0.2, 0.25) is 0 Å². The maximum Gasteiger partial charge on any atom is 0.251 e. The molecule has 1 atom stereocenters. The average molecular weight is 385 g/mol. The Bertz CT molecular complexity index is 914. The molecule has 3 aromatic rings. The SMILES string of the molecule is COc1ccc(C(Cc2ccc(F)cc2)NC(=O)c2ccnc(Cl)c2)cc1. The number of benzene rings is 2. The third kappa shape index (κ3) is 5.05. The summed E-state index contributed by atoms with van der Waals surface area (Å²) in [6.07, 6.45) is 2.00. The number of carbonyl (C=O) groups is 1. The number of rotatable bonds is 6. The molecule has 0 spiro atoms. The number of carbonyl (C=O) groups excluding carboxylic acids is 1. The smallest absolute Gasteiger partial charge is 0.251 e. The number of nitrogens with one attached hydrogen (secondary N) is 1. The van der Waals surface area contributed by atoms with Gasteiger partial charge in [0.15, 0.2) is 0 Å². The fourth-order valence-corrected chi connectivity index (χ4v) is 2.90. The molecule has 1 amide bonds. The second-order valence-corrected chi connectivity index (χ2v) is 6.38. The van der Waals surface area contributed by atoms with Gasteiger partial charge in [-0.3, -0.25) is 4.79 Å². The van der Waals surface area contributed by atoms with Crippen LogP contribution in [0.2, 0.25) is 5.15 Å². The fourth-order valence-electron chi connectivity index (χ4n) is 2.73. The number of amides is 1. The molecule has 138 valence electrons. The average Bonchev–Trinajstić information content (AvgIpc) is 2.69. The van der Waals surface area contributed by atoms with Crippen molar-refractivity contribution in [3.05, 3.63) is 94.5 Å². The van der Waals surface area contributed by atoms with Crippen molar-refractivity contribution in [3.63, 3.8) is 0 Å². The Morgan fingerprint density at radius 2 is 1.85 bits per heavy atom. The molecule has 1 heterocycles. The van der Waals surface area contributed by atoms with Crippen molar-refractivity contribution < 1.29 is 13.9 Å². The van der Waals surface area contributed by atoms with E-state index in [0.29, 0.717) is 12.0 Å². The lowest BCUT2D eigenvalue weighted by molar-refractivity contribution is 0.0936. The van der Waals surface area contributed by atoms with E-state index >= 15 is 0 Å². The Morgan fingerprint density at radius 1 is 1.15 bits per heavy atom. The minimum absolute atomic E-state index is 0.252. The van der Waals surface area contributed by atoms with Crippen molar-refractivity contribution in [2.24, 2.45) is 0 Å². The van der Waals surface area contributed by atoms with Crippen LogP contribution in [0.15, 0.2) is 66.9 Å². The Labute approximate surface area is 162 Å². The molecule has 0 bridgehead atoms. The summed E-state index contributed by atoms with van der Waals surface area (Å²) in [5, 5.41) is 3.27. The van der Waals surface area contributed by atoms with E-state index in [-0.39, 0.29) is 22.9 Å². The maximum atomic E-state index is 13.2. The second-order valence-electron chi connectivity index (χ2n) is 6.00. The minimum atomic E-state index is -0.305. The van der Waals surface area contributed by atoms with Crippen LogP contribution >= 0.6 is 11.6 Å². The first-order chi connectivity index (χ1) is 13.0. The van der Waals surface area contributed by atoms with Gasteiger partial charge in [0.1, 0.15) is 16.7 Å². The first kappa shape index (κ1) is 18.9. The van der Waals surface area contributed by atoms with Crippen LogP contribution < -0.4 is 10.1 Å². The first-order valence-electron chi connectivity index (χ1n) is 8.36. The van der Waals surface area contributed by atoms with Crippen LogP contribution in [0.4, 0.5) is 4.39 Å². The summed E-state index contributed by atoms with van der Waals surface area (Å²) in [6.45, 7) is 0. The molecule has 27 heavy (non-hydrogen) atoms. The van der Waals surface area contributed by atoms with Gasteiger partial charge in [-0.1, -0.05) is 35.9 Å². The Kier molecular flexibility index (Phi) is 6.04. The van der Waals surface area contributed by atoms with Gasteiger partial charge in [-0.05, 0) is 53.9 Å². The molecule has 1 aromatic heterocycles. The van der Waals surface area contributed by atoms with Crippen molar-refractivity contribution in [1.82, 2.24) is 10.3 Å². The summed E-state index contributed by atoms with van der Waals surface area (Å²) < 4.78 is 18.4. The summed E-state index contributed by atoms with van der Waals surface area (Å²) in [6, 6.07) is 16.5. The molecule has 4 nitrogen and oxygen atoms in total. The lowest BCUT2D eigenvalue weighted by Crippen LogP contribution is -2.30. The van der Waals surface area contributed by atoms with Gasteiger partial charge in [0, 0.05) is 11.8 Å². The van der Waals surface area contributed by atoms with Gasteiger partial charge in [-0.15, -0.1) is 0 Å². The molecule has 3 rings (SSSR count). The van der Waals surface area contributed by atoms with Crippen LogP contribution in [0.1, 0.15) is 27.5 Å². The largest absolute Gasteiger partial charge is 0.497 e. The molecule has 1 N–H and O–H groups in total. The fraction of sp³-hybridized carbons (Fsp3) is 0.143. The van der Waals surface area contributed by atoms with Crippen LogP contribution in [0, 0.1) is 5.82 Å². The zero-order chi connectivity index (χ0) is 19.2. The molecule has 0 radical (unpaired) electrons. The van der Waals surface area contributed by atoms with Gasteiger partial charge in [0.25, 0.3) is 5.91 Å². The van der Waals surface area contributed by atoms with E-state index in [1.807, 2.05) is 24.3 Å². The molecule has 0 saturated carbocycles. The lowest BCUT2D eigenvalue weighted by Gasteiger charge is -2.20. The van der Waals surface area contributed by atoms with Gasteiger partial charge >= 0.3 is 0 Å². The highest BCUT2D eigenvalue weighted by Gasteiger charge is 2.17. The summed E-state index contributed by atoms with van der Waals surface area (Å²) in [5.41, 5.74) is 2.24. The Balaban J connectivity index is 1.85. The van der Waals surface area contributed by atoms with E-state index in [2.05, 4.69) is 10.3 Å². The summed E-state index contributed by atoms with van der Waals surface area (Å²) in [4.78, 5) is 16.6. The number of nitrogens with zero attached hydrogens (tertiary/aromatic N) is 1. The third-order valence-corrected chi connectivity index (χ3v) is 4.37. The lowest BCUT2D eigenvalue weighted by atomic mass is 9.98. The van der Waals surface area contributed by atoms with Crippen molar-refractivity contribution >= 4 is 17.5 Å². The molecular formula is C21H18ClFN2O2. The minimum Gasteiger partial charge on any atom is -0.497 e. The van der Waals surface area contributed by atoms with E-state index in [0.717, 1.165) is 16.9 Å². The third-order valence-electron chi connectivity index (χ3n) is 4.17. The van der Waals surface area contributed by atoms with Crippen LogP contribution in [-0.4, -0.2) is 18.0 Å². The predicted octanol–water partition coefficient (Wildman–Crippen LogP) is 4.60. The van der Waals surface area contributed by atoms with Gasteiger partial charge in [-0.2, -0.15) is 0 Å². The van der Waals surface area contributed by atoms with E-state index in [1.54, 1.807) is 25.3 Å². The number of hydrogen-bond acceptors (Lipinski definition) is 3. The predicted molar refractivity (Wildman–Crippen MR) is 103 cm³/mol. The highest BCUT2D eigenvalue weighted by molar-refractivity contribution is 6.29. The highest BCUT2D eigenvalue weighted by atomic mass is 35.5. The number of pyridine rings is 1. The van der Waals surface area contributed by atoms with Crippen LogP contribution in [0.3, 0.4) is 0 Å². The van der Waals surface area contributed by atoms with Crippen LogP contribution in [0.25, 0.3) is 0 Å². The molecule has 6 heteroatoms. The summed E-state index contributed by atoms with van der Waals surface area (Å²) in [7, 11) is 1.60. The number of methoxy groups -OCH3 is 1. The molecule has 2 aromatic carbocycles. The molecule has 0 fully saturated rings. The maximum absolute atomic E-state index is 13.2. The number of ether oxygens (including phenoxy) is 1. The van der Waals surface area contributed by atoms with Gasteiger partial charge < -0.3 is 10.1 Å². The summed E-state index contributed by atoms with van der Waals surface area (Å²) >= 11 is 5.88. The monoisotopic (exact) mass is 384 g/mol. The zero-order valence-electron chi connectivity index (χ0n) is 14.7. The molecule has 1 unspecified atom stereocenters. The van der Waals surface area contributed by atoms with Crippen LogP contribution in [-0.2, 0) is 6.42 Å². The van der Waals surface area contributed by atoms with E-state index in [1.165, 1.54) is 24.4 Å². The van der Waals surface area contributed by atoms with Gasteiger partial charge in [-0.25, -0.2) is 9.37 Å². The Hall–Kier alpha value is -2.92. The van der Waals surface area contributed by atoms with E-state index < -0.39 is 0 Å². The van der Waals surface area contributed by atoms with Crippen molar-refractivity contribution in [3.8, 4) is 5.75 Å².